The summed E-state index contributed by atoms with van der Waals surface area (Å²) < 4.78 is 5.34. The molecule has 0 saturated heterocycles. The van der Waals surface area contributed by atoms with Gasteiger partial charge in [0, 0.05) is 4.47 Å². The minimum atomic E-state index is -0.424. The van der Waals surface area contributed by atoms with Crippen LogP contribution in [0.25, 0.3) is 0 Å². The fourth-order valence-electron chi connectivity index (χ4n) is 1.13. The first kappa shape index (κ1) is 14.3. The second-order valence-electron chi connectivity index (χ2n) is 3.03. The Morgan fingerprint density at radius 2 is 2.06 bits per heavy atom. The van der Waals surface area contributed by atoms with Gasteiger partial charge in [-0.1, -0.05) is 45.2 Å². The van der Waals surface area contributed by atoms with E-state index in [0.29, 0.717) is 16.5 Å². The minimum absolute atomic E-state index is 0.338. The molecule has 1 aromatic carbocycles. The van der Waals surface area contributed by atoms with Gasteiger partial charge in [-0.2, -0.15) is 0 Å². The predicted octanol–water partition coefficient (Wildman–Crippen LogP) is 4.23. The first-order valence-corrected chi connectivity index (χ1v) is 6.78. The summed E-state index contributed by atoms with van der Waals surface area (Å²) in [7, 11) is 1.34. The average molecular weight is 391 g/mol. The van der Waals surface area contributed by atoms with Crippen molar-refractivity contribution in [2.24, 2.45) is 0 Å². The second kappa shape index (κ2) is 6.24. The number of hydrogen-bond acceptors (Lipinski definition) is 2. The van der Waals surface area contributed by atoms with Crippen molar-refractivity contribution in [2.45, 2.75) is 11.2 Å². The van der Waals surface area contributed by atoms with Crippen molar-refractivity contribution < 1.29 is 9.53 Å². The van der Waals surface area contributed by atoms with Gasteiger partial charge in [0.25, 0.3) is 0 Å². The Morgan fingerprint density at radius 3 is 2.62 bits per heavy atom. The summed E-state index contributed by atoms with van der Waals surface area (Å²) >= 11 is 18.5. The third-order valence-electron chi connectivity index (χ3n) is 1.97. The Balaban J connectivity index is 2.90. The lowest BCUT2D eigenvalue weighted by Gasteiger charge is -2.10. The van der Waals surface area contributed by atoms with Gasteiger partial charge in [0.15, 0.2) is 0 Å². The molecule has 16 heavy (non-hydrogen) atoms. The zero-order valence-corrected chi connectivity index (χ0v) is 13.0. The van der Waals surface area contributed by atoms with Gasteiger partial charge in [0.05, 0.1) is 17.2 Å². The van der Waals surface area contributed by atoms with Crippen molar-refractivity contribution >= 4 is 61.0 Å². The first-order chi connectivity index (χ1) is 7.47. The van der Waals surface area contributed by atoms with E-state index in [2.05, 4.69) is 36.6 Å². The Labute approximate surface area is 121 Å². The van der Waals surface area contributed by atoms with Crippen LogP contribution in [0.15, 0.2) is 16.6 Å². The van der Waals surface area contributed by atoms with Crippen LogP contribution in [-0.4, -0.2) is 17.9 Å². The molecule has 0 amide bonds. The number of esters is 1. The SMILES string of the molecule is COC(=O)C(Br)Cc1ccc(Br)c(Cl)c1Cl. The molecule has 0 aliphatic rings. The normalized spacial score (nSPS) is 12.3. The molecular weight excluding hydrogens is 383 g/mol. The summed E-state index contributed by atoms with van der Waals surface area (Å²) in [6.07, 6.45) is 0.429. The predicted molar refractivity (Wildman–Crippen MR) is 72.6 cm³/mol. The van der Waals surface area contributed by atoms with Crippen LogP contribution in [0.4, 0.5) is 0 Å². The highest BCUT2D eigenvalue weighted by atomic mass is 79.9. The molecule has 1 unspecified atom stereocenters. The van der Waals surface area contributed by atoms with E-state index in [9.17, 15) is 4.79 Å². The molecule has 0 aliphatic carbocycles. The molecular formula is C10H8Br2Cl2O2. The highest BCUT2D eigenvalue weighted by Gasteiger charge is 2.18. The van der Waals surface area contributed by atoms with Crippen molar-refractivity contribution in [3.8, 4) is 0 Å². The Kier molecular flexibility index (Phi) is 5.57. The quantitative estimate of drug-likeness (QED) is 0.438. The van der Waals surface area contributed by atoms with Gasteiger partial charge in [0.1, 0.15) is 4.83 Å². The van der Waals surface area contributed by atoms with E-state index in [1.54, 1.807) is 6.07 Å². The summed E-state index contributed by atoms with van der Waals surface area (Å²) in [6, 6.07) is 3.61. The molecule has 0 N–H and O–H groups in total. The molecule has 0 fully saturated rings. The number of ether oxygens (including phenoxy) is 1. The number of hydrogen-bond donors (Lipinski definition) is 0. The smallest absolute Gasteiger partial charge is 0.319 e. The van der Waals surface area contributed by atoms with Crippen LogP contribution < -0.4 is 0 Å². The van der Waals surface area contributed by atoms with Crippen molar-refractivity contribution in [3.63, 3.8) is 0 Å². The maximum Gasteiger partial charge on any atom is 0.319 e. The summed E-state index contributed by atoms with van der Waals surface area (Å²) in [5.41, 5.74) is 0.794. The van der Waals surface area contributed by atoms with E-state index in [0.717, 1.165) is 10.0 Å². The van der Waals surface area contributed by atoms with Crippen LogP contribution in [0, 0.1) is 0 Å². The van der Waals surface area contributed by atoms with E-state index in [4.69, 9.17) is 23.2 Å². The fraction of sp³-hybridized carbons (Fsp3) is 0.300. The molecule has 2 nitrogen and oxygen atoms in total. The average Bonchev–Trinajstić information content (AvgIpc) is 2.28. The van der Waals surface area contributed by atoms with Gasteiger partial charge in [0.2, 0.25) is 0 Å². The van der Waals surface area contributed by atoms with Crippen LogP contribution in [0.2, 0.25) is 10.0 Å². The van der Waals surface area contributed by atoms with Gasteiger partial charge in [-0.3, -0.25) is 4.79 Å². The van der Waals surface area contributed by atoms with Crippen LogP contribution in [0.1, 0.15) is 5.56 Å². The molecule has 1 atom stereocenters. The topological polar surface area (TPSA) is 26.3 Å². The van der Waals surface area contributed by atoms with Gasteiger partial charge in [-0.05, 0) is 34.0 Å². The van der Waals surface area contributed by atoms with Crippen LogP contribution in [0.3, 0.4) is 0 Å². The van der Waals surface area contributed by atoms with E-state index >= 15 is 0 Å². The number of carbonyl (C=O) groups is 1. The lowest BCUT2D eigenvalue weighted by atomic mass is 10.1. The Hall–Kier alpha value is 0.230. The molecule has 0 aliphatic heterocycles. The van der Waals surface area contributed by atoms with Gasteiger partial charge >= 0.3 is 5.97 Å². The minimum Gasteiger partial charge on any atom is -0.468 e. The van der Waals surface area contributed by atoms with Crippen LogP contribution in [0.5, 0.6) is 0 Å². The van der Waals surface area contributed by atoms with Gasteiger partial charge in [-0.15, -0.1) is 0 Å². The van der Waals surface area contributed by atoms with E-state index in [-0.39, 0.29) is 5.97 Å². The maximum atomic E-state index is 11.2. The zero-order chi connectivity index (χ0) is 12.3. The van der Waals surface area contributed by atoms with Crippen LogP contribution >= 0.6 is 55.1 Å². The van der Waals surface area contributed by atoms with Crippen molar-refractivity contribution in [1.29, 1.82) is 0 Å². The monoisotopic (exact) mass is 388 g/mol. The number of benzene rings is 1. The lowest BCUT2D eigenvalue weighted by Crippen LogP contribution is -2.18. The molecule has 1 rings (SSSR count). The largest absolute Gasteiger partial charge is 0.468 e. The van der Waals surface area contributed by atoms with E-state index in [1.807, 2.05) is 6.07 Å². The van der Waals surface area contributed by atoms with Gasteiger partial charge < -0.3 is 4.74 Å². The highest BCUT2D eigenvalue weighted by molar-refractivity contribution is 9.10. The van der Waals surface area contributed by atoms with Crippen molar-refractivity contribution in [3.05, 3.63) is 32.2 Å². The van der Waals surface area contributed by atoms with Crippen LogP contribution in [-0.2, 0) is 16.0 Å². The number of rotatable bonds is 3. The molecule has 1 aromatic rings. The number of alkyl halides is 1. The van der Waals surface area contributed by atoms with E-state index in [1.165, 1.54) is 7.11 Å². The number of halogens is 4. The third kappa shape index (κ3) is 3.36. The third-order valence-corrected chi connectivity index (χ3v) is 4.48. The molecule has 0 saturated carbocycles. The summed E-state index contributed by atoms with van der Waals surface area (Å²) in [5.74, 6) is -0.338. The Morgan fingerprint density at radius 1 is 1.44 bits per heavy atom. The summed E-state index contributed by atoms with van der Waals surface area (Å²) in [4.78, 5) is 10.8. The number of methoxy groups -OCH3 is 1. The fourth-order valence-corrected chi connectivity index (χ4v) is 2.53. The molecule has 0 bridgehead atoms. The molecule has 0 heterocycles. The maximum absolute atomic E-state index is 11.2. The Bertz CT molecular complexity index is 410. The van der Waals surface area contributed by atoms with E-state index < -0.39 is 4.83 Å². The molecule has 6 heteroatoms. The zero-order valence-electron chi connectivity index (χ0n) is 8.27. The summed E-state index contributed by atoms with van der Waals surface area (Å²) in [6.45, 7) is 0. The highest BCUT2D eigenvalue weighted by Crippen LogP contribution is 2.34. The molecule has 0 spiro atoms. The standard InChI is InChI=1S/C10H8Br2Cl2O2/c1-16-10(15)7(12)4-5-2-3-6(11)9(14)8(5)13/h2-3,7H,4H2,1H3. The van der Waals surface area contributed by atoms with Crippen molar-refractivity contribution in [2.75, 3.05) is 7.11 Å². The van der Waals surface area contributed by atoms with Crippen molar-refractivity contribution in [1.82, 2.24) is 0 Å². The van der Waals surface area contributed by atoms with Gasteiger partial charge in [-0.25, -0.2) is 0 Å². The lowest BCUT2D eigenvalue weighted by molar-refractivity contribution is -0.139. The molecule has 88 valence electrons. The molecule has 0 radical (unpaired) electrons. The number of carbonyl (C=O) groups excluding carboxylic acids is 1. The summed E-state index contributed by atoms with van der Waals surface area (Å²) in [5, 5.41) is 0.896. The second-order valence-corrected chi connectivity index (χ2v) is 5.74. The molecule has 0 aromatic heterocycles. The first-order valence-electron chi connectivity index (χ1n) is 4.31.